The second kappa shape index (κ2) is 4.52. The molecule has 6 fully saturated rings. The molecule has 23 heavy (non-hydrogen) atoms. The predicted octanol–water partition coefficient (Wildman–Crippen LogP) is 0.344. The van der Waals surface area contributed by atoms with Gasteiger partial charge in [0, 0.05) is 6.54 Å². The Balaban J connectivity index is 1.37. The largest absolute Gasteiger partial charge is 0.482 e. The Bertz CT molecular complexity index is 554. The summed E-state index contributed by atoms with van der Waals surface area (Å²) in [5.74, 6) is 3.04. The maximum atomic E-state index is 12.2. The molecule has 4 aliphatic carbocycles. The molecule has 126 valence electrons. The van der Waals surface area contributed by atoms with Crippen LogP contribution < -0.4 is 5.73 Å². The summed E-state index contributed by atoms with van der Waals surface area (Å²) in [6, 6.07) is 0. The van der Waals surface area contributed by atoms with Crippen LogP contribution in [0.2, 0.25) is 0 Å². The molecule has 4 saturated carbocycles. The van der Waals surface area contributed by atoms with E-state index in [4.69, 9.17) is 9.31 Å². The van der Waals surface area contributed by atoms with E-state index in [0.717, 1.165) is 25.5 Å². The molecule has 1 amide bonds. The molecular weight excluding hydrogens is 291 g/mol. The van der Waals surface area contributed by atoms with Gasteiger partial charge in [-0.05, 0) is 54.8 Å². The van der Waals surface area contributed by atoms with Crippen LogP contribution in [-0.4, -0.2) is 49.2 Å². The monoisotopic (exact) mass is 319 g/mol. The zero-order chi connectivity index (χ0) is 16.0. The van der Waals surface area contributed by atoms with Gasteiger partial charge < -0.3 is 19.9 Å². The van der Waals surface area contributed by atoms with Gasteiger partial charge >= 0.3 is 7.12 Å². The maximum absolute atomic E-state index is 12.2. The van der Waals surface area contributed by atoms with Crippen LogP contribution in [0.25, 0.3) is 0 Å². The van der Waals surface area contributed by atoms with Gasteiger partial charge in [-0.3, -0.25) is 4.79 Å². The molecule has 0 aromatic carbocycles. The van der Waals surface area contributed by atoms with Crippen molar-refractivity contribution in [1.82, 2.24) is 4.90 Å². The van der Waals surface area contributed by atoms with Crippen molar-refractivity contribution in [3.8, 4) is 0 Å². The zero-order valence-electron chi connectivity index (χ0n) is 14.3. The summed E-state index contributed by atoms with van der Waals surface area (Å²) in [5.41, 5.74) is 4.08. The van der Waals surface area contributed by atoms with Crippen molar-refractivity contribution in [2.24, 2.45) is 29.1 Å². The lowest BCUT2D eigenvalue weighted by molar-refractivity contribution is -0.357. The van der Waals surface area contributed by atoms with Gasteiger partial charge in [-0.15, -0.1) is 0 Å². The summed E-state index contributed by atoms with van der Waals surface area (Å²) < 4.78 is 12.8. The Morgan fingerprint density at radius 2 is 2.22 bits per heavy atom. The third kappa shape index (κ3) is 1.83. The third-order valence-corrected chi connectivity index (χ3v) is 7.88. The SMILES string of the molecule is CC1(C)C2CCC3(COB(C4C5CC5CN4C(=O)C[NH3+])O3)C1C2. The Kier molecular flexibility index (Phi) is 2.90. The molecule has 2 bridgehead atoms. The number of piperidine rings is 1. The normalized spacial score (nSPS) is 49.3. The fourth-order valence-electron chi connectivity index (χ4n) is 6.26. The van der Waals surface area contributed by atoms with E-state index in [1.54, 1.807) is 0 Å². The first-order valence-electron chi connectivity index (χ1n) is 9.34. The summed E-state index contributed by atoms with van der Waals surface area (Å²) in [4.78, 5) is 14.2. The van der Waals surface area contributed by atoms with Crippen molar-refractivity contribution in [2.45, 2.75) is 51.1 Å². The van der Waals surface area contributed by atoms with Crippen LogP contribution in [-0.2, 0) is 14.1 Å². The van der Waals surface area contributed by atoms with Crippen molar-refractivity contribution in [3.05, 3.63) is 0 Å². The second-order valence-corrected chi connectivity index (χ2v) is 9.15. The molecule has 0 aromatic rings. The van der Waals surface area contributed by atoms with E-state index in [9.17, 15) is 4.79 Å². The average Bonchev–Trinajstić information content (AvgIpc) is 3.03. The summed E-state index contributed by atoms with van der Waals surface area (Å²) >= 11 is 0. The lowest BCUT2D eigenvalue weighted by atomic mass is 9.44. The van der Waals surface area contributed by atoms with Crippen molar-refractivity contribution < 1.29 is 19.8 Å². The standard InChI is InChI=1S/C17H27BN2O3/c1-16(2)11-3-4-17(13(16)6-11)9-22-18(23-17)15-12-5-10(12)8-20(15)14(21)7-19/h10-13,15H,3-9,19H2,1-2H3/p+1. The molecular formula is C17H28BN2O3+. The molecule has 6 aliphatic rings. The van der Waals surface area contributed by atoms with E-state index >= 15 is 0 Å². The van der Waals surface area contributed by atoms with Gasteiger partial charge in [-0.2, -0.15) is 0 Å². The summed E-state index contributed by atoms with van der Waals surface area (Å²) in [6.07, 6.45) is 4.92. The fourth-order valence-corrected chi connectivity index (χ4v) is 6.26. The smallest absolute Gasteiger partial charge is 0.407 e. The first-order valence-corrected chi connectivity index (χ1v) is 9.34. The summed E-state index contributed by atoms with van der Waals surface area (Å²) in [5, 5.41) is 0. The lowest BCUT2D eigenvalue weighted by Gasteiger charge is -2.63. The molecule has 2 heterocycles. The molecule has 1 spiro atoms. The number of amides is 1. The molecule has 6 rings (SSSR count). The number of likely N-dealkylation sites (tertiary alicyclic amines) is 1. The molecule has 5 nitrogen and oxygen atoms in total. The number of hydrogen-bond donors (Lipinski definition) is 1. The molecule has 2 saturated heterocycles. The van der Waals surface area contributed by atoms with Gasteiger partial charge in [-0.1, -0.05) is 13.8 Å². The molecule has 0 radical (unpaired) electrons. The zero-order valence-corrected chi connectivity index (χ0v) is 14.3. The van der Waals surface area contributed by atoms with E-state index in [2.05, 4.69) is 19.6 Å². The van der Waals surface area contributed by atoms with Gasteiger partial charge in [-0.25, -0.2) is 0 Å². The maximum Gasteiger partial charge on any atom is 0.482 e. The van der Waals surface area contributed by atoms with Crippen LogP contribution in [0.4, 0.5) is 0 Å². The summed E-state index contributed by atoms with van der Waals surface area (Å²) in [7, 11) is -0.212. The van der Waals surface area contributed by atoms with Crippen LogP contribution >= 0.6 is 0 Å². The first-order chi connectivity index (χ1) is 11.0. The fraction of sp³-hybridized carbons (Fsp3) is 0.941. The number of carbonyl (C=O) groups excluding carboxylic acids is 1. The van der Waals surface area contributed by atoms with E-state index in [1.807, 2.05) is 4.90 Å². The van der Waals surface area contributed by atoms with Crippen LogP contribution in [0.1, 0.15) is 39.5 Å². The average molecular weight is 319 g/mol. The minimum absolute atomic E-state index is 0.0882. The topological polar surface area (TPSA) is 66.4 Å². The first kappa shape index (κ1) is 14.7. The molecule has 6 heteroatoms. The number of hydrogen-bond acceptors (Lipinski definition) is 3. The molecule has 0 aromatic heterocycles. The predicted molar refractivity (Wildman–Crippen MR) is 85.0 cm³/mol. The highest BCUT2D eigenvalue weighted by Gasteiger charge is 2.68. The quantitative estimate of drug-likeness (QED) is 0.747. The van der Waals surface area contributed by atoms with Gasteiger partial charge in [0.1, 0.15) is 0 Å². The van der Waals surface area contributed by atoms with Gasteiger partial charge in [0.2, 0.25) is 0 Å². The molecule has 3 N–H and O–H groups in total. The molecule has 6 atom stereocenters. The number of quaternary nitrogens is 1. The van der Waals surface area contributed by atoms with Crippen LogP contribution in [0.15, 0.2) is 0 Å². The molecule has 2 aliphatic heterocycles. The number of rotatable bonds is 2. The van der Waals surface area contributed by atoms with Crippen LogP contribution in [0, 0.1) is 29.1 Å². The van der Waals surface area contributed by atoms with Gasteiger partial charge in [0.25, 0.3) is 5.91 Å². The number of carbonyl (C=O) groups is 1. The third-order valence-electron chi connectivity index (χ3n) is 7.88. The lowest BCUT2D eigenvalue weighted by Crippen LogP contribution is -2.63. The van der Waals surface area contributed by atoms with Gasteiger partial charge in [0.05, 0.1) is 18.1 Å². The Morgan fingerprint density at radius 1 is 1.39 bits per heavy atom. The molecule has 6 unspecified atom stereocenters. The van der Waals surface area contributed by atoms with Crippen molar-refractivity contribution in [1.29, 1.82) is 0 Å². The Morgan fingerprint density at radius 3 is 2.91 bits per heavy atom. The van der Waals surface area contributed by atoms with E-state index in [1.165, 1.54) is 19.3 Å². The van der Waals surface area contributed by atoms with Crippen molar-refractivity contribution in [3.63, 3.8) is 0 Å². The minimum atomic E-state index is -0.212. The van der Waals surface area contributed by atoms with E-state index < -0.39 is 0 Å². The van der Waals surface area contributed by atoms with Crippen molar-refractivity contribution in [2.75, 3.05) is 19.7 Å². The number of fused-ring (bicyclic) bond motifs is 2. The Labute approximate surface area is 138 Å². The number of nitrogens with zero attached hydrogens (tertiary/aromatic N) is 1. The van der Waals surface area contributed by atoms with Crippen LogP contribution in [0.3, 0.4) is 0 Å². The van der Waals surface area contributed by atoms with Crippen molar-refractivity contribution >= 4 is 13.0 Å². The van der Waals surface area contributed by atoms with E-state index in [-0.39, 0.29) is 24.6 Å². The minimum Gasteiger partial charge on any atom is -0.407 e. The summed E-state index contributed by atoms with van der Waals surface area (Å²) in [6.45, 7) is 6.74. The van der Waals surface area contributed by atoms with E-state index in [0.29, 0.717) is 29.7 Å². The highest BCUT2D eigenvalue weighted by molar-refractivity contribution is 6.48. The Hall–Kier alpha value is -0.585. The van der Waals surface area contributed by atoms with Gasteiger partial charge in [0.15, 0.2) is 6.54 Å². The second-order valence-electron chi connectivity index (χ2n) is 9.15. The highest BCUT2D eigenvalue weighted by atomic mass is 16.7. The highest BCUT2D eigenvalue weighted by Crippen LogP contribution is 2.65. The van der Waals surface area contributed by atoms with Crippen LogP contribution in [0.5, 0.6) is 0 Å².